The minimum Gasteiger partial charge on any atom is -0.492 e. The lowest BCUT2D eigenvalue weighted by molar-refractivity contribution is -0.383. The number of benzene rings is 3. The Morgan fingerprint density at radius 3 is 2.06 bits per heavy atom. The van der Waals surface area contributed by atoms with E-state index in [1.807, 2.05) is 6.07 Å². The third-order valence-corrected chi connectivity index (χ3v) is 5.29. The second kappa shape index (κ2) is 10.6. The van der Waals surface area contributed by atoms with Gasteiger partial charge in [0.25, 0.3) is 17.5 Å². The van der Waals surface area contributed by atoms with Gasteiger partial charge < -0.3 is 25.1 Å². The van der Waals surface area contributed by atoms with E-state index in [0.717, 1.165) is 0 Å². The number of ether oxygens (including phenoxy) is 2. The topological polar surface area (TPSA) is 136 Å². The SMILES string of the molecule is CCOc1cc(NC(=O)c2cc3cccc([N+](=O)[O-])c3[nH]2)c(OCC)cc1NC(=O)c1ccccc1. The number of aromatic amines is 1. The molecular formula is C26H24N4O6. The smallest absolute Gasteiger partial charge is 0.293 e. The van der Waals surface area contributed by atoms with Crippen molar-refractivity contribution < 1.29 is 24.0 Å². The van der Waals surface area contributed by atoms with Crippen molar-refractivity contribution in [2.45, 2.75) is 13.8 Å². The van der Waals surface area contributed by atoms with E-state index in [2.05, 4.69) is 15.6 Å². The summed E-state index contributed by atoms with van der Waals surface area (Å²) < 4.78 is 11.4. The molecule has 0 atom stereocenters. The van der Waals surface area contributed by atoms with Gasteiger partial charge in [0.05, 0.1) is 29.5 Å². The Morgan fingerprint density at radius 2 is 1.47 bits per heavy atom. The van der Waals surface area contributed by atoms with E-state index in [-0.39, 0.29) is 22.8 Å². The van der Waals surface area contributed by atoms with Crippen LogP contribution in [0.3, 0.4) is 0 Å². The number of non-ortho nitro benzene ring substituents is 1. The number of nitro benzene ring substituents is 1. The molecule has 4 aromatic rings. The number of amides is 2. The molecule has 3 aromatic carbocycles. The predicted molar refractivity (Wildman–Crippen MR) is 136 cm³/mol. The van der Waals surface area contributed by atoms with Crippen LogP contribution in [-0.2, 0) is 0 Å². The predicted octanol–water partition coefficient (Wildman–Crippen LogP) is 5.38. The molecule has 0 aliphatic carbocycles. The van der Waals surface area contributed by atoms with Crippen molar-refractivity contribution in [1.82, 2.24) is 4.98 Å². The monoisotopic (exact) mass is 488 g/mol. The Balaban J connectivity index is 1.66. The first-order valence-electron chi connectivity index (χ1n) is 11.3. The fraction of sp³-hybridized carbons (Fsp3) is 0.154. The van der Waals surface area contributed by atoms with E-state index < -0.39 is 10.8 Å². The Morgan fingerprint density at radius 1 is 0.861 bits per heavy atom. The molecule has 36 heavy (non-hydrogen) atoms. The second-order valence-corrected chi connectivity index (χ2v) is 7.67. The van der Waals surface area contributed by atoms with E-state index in [0.29, 0.717) is 47.0 Å². The summed E-state index contributed by atoms with van der Waals surface area (Å²) in [6, 6.07) is 18.0. The summed E-state index contributed by atoms with van der Waals surface area (Å²) >= 11 is 0. The highest BCUT2D eigenvalue weighted by atomic mass is 16.6. The maximum absolute atomic E-state index is 13.1. The molecule has 2 amide bonds. The number of hydrogen-bond donors (Lipinski definition) is 3. The standard InChI is InChI=1S/C26H24N4O6/c1-3-35-22-15-19(23(36-4-2)14-18(22)28-25(31)16-9-6-5-7-10-16)29-26(32)20-13-17-11-8-12-21(30(33)34)24(17)27-20/h5-15,27H,3-4H2,1-2H3,(H,28,31)(H,29,32). The summed E-state index contributed by atoms with van der Waals surface area (Å²) in [5.74, 6) is -0.187. The van der Waals surface area contributed by atoms with Crippen LogP contribution in [0.15, 0.2) is 66.7 Å². The Labute approximate surface area is 206 Å². The lowest BCUT2D eigenvalue weighted by atomic mass is 10.2. The molecule has 0 saturated carbocycles. The molecule has 0 spiro atoms. The maximum atomic E-state index is 13.1. The van der Waals surface area contributed by atoms with E-state index in [4.69, 9.17) is 9.47 Å². The molecule has 0 unspecified atom stereocenters. The average Bonchev–Trinajstić information content (AvgIpc) is 3.32. The number of nitro groups is 1. The second-order valence-electron chi connectivity index (χ2n) is 7.67. The third kappa shape index (κ3) is 5.12. The van der Waals surface area contributed by atoms with E-state index >= 15 is 0 Å². The van der Waals surface area contributed by atoms with Crippen molar-refractivity contribution in [2.24, 2.45) is 0 Å². The molecule has 10 nitrogen and oxygen atoms in total. The van der Waals surface area contributed by atoms with Crippen LogP contribution in [0.4, 0.5) is 17.1 Å². The Bertz CT molecular complexity index is 1430. The van der Waals surface area contributed by atoms with Crippen LogP contribution in [-0.4, -0.2) is 34.9 Å². The number of nitrogens with zero attached hydrogens (tertiary/aromatic N) is 1. The van der Waals surface area contributed by atoms with Crippen LogP contribution >= 0.6 is 0 Å². The quantitative estimate of drug-likeness (QED) is 0.214. The molecule has 1 heterocycles. The first-order chi connectivity index (χ1) is 17.4. The number of nitrogens with one attached hydrogen (secondary N) is 3. The largest absolute Gasteiger partial charge is 0.492 e. The van der Waals surface area contributed by atoms with Gasteiger partial charge in [-0.2, -0.15) is 0 Å². The van der Waals surface area contributed by atoms with Gasteiger partial charge in [0, 0.05) is 29.1 Å². The van der Waals surface area contributed by atoms with Gasteiger partial charge in [0.1, 0.15) is 22.7 Å². The first kappa shape index (κ1) is 24.3. The van der Waals surface area contributed by atoms with Gasteiger partial charge in [-0.1, -0.05) is 30.3 Å². The fourth-order valence-electron chi connectivity index (χ4n) is 3.69. The van der Waals surface area contributed by atoms with Crippen molar-refractivity contribution in [3.05, 3.63) is 88.1 Å². The number of carbonyl (C=O) groups is 2. The first-order valence-corrected chi connectivity index (χ1v) is 11.3. The molecule has 1 aromatic heterocycles. The van der Waals surface area contributed by atoms with Crippen LogP contribution in [0, 0.1) is 10.1 Å². The van der Waals surface area contributed by atoms with Crippen molar-refractivity contribution >= 4 is 39.8 Å². The molecule has 10 heteroatoms. The molecule has 3 N–H and O–H groups in total. The lowest BCUT2D eigenvalue weighted by Gasteiger charge is -2.17. The molecule has 0 aliphatic rings. The molecule has 0 fully saturated rings. The molecule has 4 rings (SSSR count). The highest BCUT2D eigenvalue weighted by Crippen LogP contribution is 2.37. The normalized spacial score (nSPS) is 10.6. The van der Waals surface area contributed by atoms with Gasteiger partial charge in [0.15, 0.2) is 0 Å². The molecular weight excluding hydrogens is 464 g/mol. The third-order valence-electron chi connectivity index (χ3n) is 5.29. The van der Waals surface area contributed by atoms with Crippen LogP contribution in [0.5, 0.6) is 11.5 Å². The van der Waals surface area contributed by atoms with Crippen LogP contribution in [0.2, 0.25) is 0 Å². The maximum Gasteiger partial charge on any atom is 0.293 e. The number of rotatable bonds is 9. The van der Waals surface area contributed by atoms with Gasteiger partial charge >= 0.3 is 0 Å². The van der Waals surface area contributed by atoms with Crippen LogP contribution in [0.1, 0.15) is 34.7 Å². The van der Waals surface area contributed by atoms with Gasteiger partial charge in [-0.25, -0.2) is 0 Å². The van der Waals surface area contributed by atoms with Crippen molar-refractivity contribution in [3.8, 4) is 11.5 Å². The zero-order chi connectivity index (χ0) is 25.7. The van der Waals surface area contributed by atoms with Crippen molar-refractivity contribution in [1.29, 1.82) is 0 Å². The molecule has 0 radical (unpaired) electrons. The van der Waals surface area contributed by atoms with Gasteiger partial charge in [-0.15, -0.1) is 0 Å². The number of carbonyl (C=O) groups excluding carboxylic acids is 2. The minimum absolute atomic E-state index is 0.126. The van der Waals surface area contributed by atoms with Gasteiger partial charge in [-0.3, -0.25) is 19.7 Å². The Kier molecular flexibility index (Phi) is 7.15. The lowest BCUT2D eigenvalue weighted by Crippen LogP contribution is -2.16. The van der Waals surface area contributed by atoms with Crippen LogP contribution < -0.4 is 20.1 Å². The number of hydrogen-bond acceptors (Lipinski definition) is 6. The van der Waals surface area contributed by atoms with E-state index in [1.54, 1.807) is 62.4 Å². The number of H-pyrrole nitrogens is 1. The zero-order valence-electron chi connectivity index (χ0n) is 19.7. The van der Waals surface area contributed by atoms with E-state index in [1.165, 1.54) is 12.1 Å². The highest BCUT2D eigenvalue weighted by molar-refractivity contribution is 6.08. The highest BCUT2D eigenvalue weighted by Gasteiger charge is 2.20. The summed E-state index contributed by atoms with van der Waals surface area (Å²) in [5.41, 5.74) is 1.44. The Hall–Kier alpha value is -4.86. The van der Waals surface area contributed by atoms with Crippen LogP contribution in [0.25, 0.3) is 10.9 Å². The summed E-state index contributed by atoms with van der Waals surface area (Å²) in [7, 11) is 0. The molecule has 0 saturated heterocycles. The summed E-state index contributed by atoms with van der Waals surface area (Å²) in [4.78, 5) is 39.4. The minimum atomic E-state index is -0.523. The molecule has 184 valence electrons. The number of aromatic nitrogens is 1. The fourth-order valence-corrected chi connectivity index (χ4v) is 3.69. The zero-order valence-corrected chi connectivity index (χ0v) is 19.7. The number of para-hydroxylation sites is 1. The molecule has 0 bridgehead atoms. The summed E-state index contributed by atoms with van der Waals surface area (Å²) in [6.07, 6.45) is 0. The molecule has 0 aliphatic heterocycles. The average molecular weight is 489 g/mol. The number of fused-ring (bicyclic) bond motifs is 1. The van der Waals surface area contributed by atoms with Crippen molar-refractivity contribution in [2.75, 3.05) is 23.8 Å². The van der Waals surface area contributed by atoms with Gasteiger partial charge in [-0.05, 0) is 32.0 Å². The number of anilines is 2. The van der Waals surface area contributed by atoms with Crippen molar-refractivity contribution in [3.63, 3.8) is 0 Å². The summed E-state index contributed by atoms with van der Waals surface area (Å²) in [5, 5.41) is 17.5. The van der Waals surface area contributed by atoms with Gasteiger partial charge in [0.2, 0.25) is 0 Å². The summed E-state index contributed by atoms with van der Waals surface area (Å²) in [6.45, 7) is 4.22. The van der Waals surface area contributed by atoms with E-state index in [9.17, 15) is 19.7 Å².